The van der Waals surface area contributed by atoms with Gasteiger partial charge in [0.05, 0.1) is 4.90 Å². The van der Waals surface area contributed by atoms with Crippen molar-refractivity contribution in [3.05, 3.63) is 96.1 Å². The molecule has 0 heterocycles. The second kappa shape index (κ2) is 23.8. The molecule has 0 aliphatic rings. The molecular weight excluding hydrogens is 745 g/mol. The Hall–Kier alpha value is -2.84. The van der Waals surface area contributed by atoms with E-state index < -0.39 is 41.5 Å². The van der Waals surface area contributed by atoms with Gasteiger partial charge in [-0.25, -0.2) is 8.42 Å². The Balaban J connectivity index is 0.000000360. The van der Waals surface area contributed by atoms with Gasteiger partial charge in [-0.1, -0.05) is 114 Å². The van der Waals surface area contributed by atoms with E-state index in [-0.39, 0.29) is 49.2 Å². The fourth-order valence-electron chi connectivity index (χ4n) is 5.45. The normalized spacial score (nSPS) is 11.2. The summed E-state index contributed by atoms with van der Waals surface area (Å²) in [7, 11) is -9.32. The fraction of sp³-hybridized carbons (Fsp3) is 0.400. The molecule has 13 heteroatoms. The predicted octanol–water partition coefficient (Wildman–Crippen LogP) is 9.31. The SMILES string of the molecule is CCCCCCCCc1ccc(Oc2ccc(O)c(S(=O)(=O)O)c2)cc1.CCCCCCCCc1ccc(Oc2ccc([O-])c(S(=O)(=O)[O-])c2)cc1.[Ca+2]. The number of hydrogen-bond acceptors (Lipinski definition) is 9. The van der Waals surface area contributed by atoms with Crippen molar-refractivity contribution in [3.8, 4) is 34.5 Å². The first kappa shape index (κ1) is 46.3. The number of rotatable bonds is 20. The molecule has 53 heavy (non-hydrogen) atoms. The van der Waals surface area contributed by atoms with E-state index in [0.29, 0.717) is 11.5 Å². The Bertz CT molecular complexity index is 1740. The van der Waals surface area contributed by atoms with Crippen LogP contribution >= 0.6 is 0 Å². The van der Waals surface area contributed by atoms with Crippen LogP contribution < -0.4 is 14.6 Å². The Morgan fingerprint density at radius 3 is 1.34 bits per heavy atom. The number of hydrogen-bond donors (Lipinski definition) is 2. The van der Waals surface area contributed by atoms with Gasteiger partial charge < -0.3 is 24.2 Å². The molecule has 2 N–H and O–H groups in total. The van der Waals surface area contributed by atoms with Crippen LogP contribution in [-0.4, -0.2) is 68.8 Å². The van der Waals surface area contributed by atoms with Crippen molar-refractivity contribution in [3.63, 3.8) is 0 Å². The third kappa shape index (κ3) is 17.4. The van der Waals surface area contributed by atoms with Crippen LogP contribution in [0.4, 0.5) is 0 Å². The minimum absolute atomic E-state index is 0. The first-order chi connectivity index (χ1) is 24.8. The second-order valence-corrected chi connectivity index (χ2v) is 15.4. The van der Waals surface area contributed by atoms with Gasteiger partial charge in [0, 0.05) is 6.07 Å². The minimum Gasteiger partial charge on any atom is -0.872 e. The van der Waals surface area contributed by atoms with Gasteiger partial charge in [0.25, 0.3) is 10.1 Å². The summed E-state index contributed by atoms with van der Waals surface area (Å²) >= 11 is 0. The molecule has 0 aliphatic carbocycles. The van der Waals surface area contributed by atoms with Crippen LogP contribution in [0, 0.1) is 0 Å². The summed E-state index contributed by atoms with van der Waals surface area (Å²) in [4.78, 5) is -1.37. The molecule has 0 fully saturated rings. The molecule has 0 amide bonds. The number of phenols is 1. The summed E-state index contributed by atoms with van der Waals surface area (Å²) in [6.07, 6.45) is 17.1. The predicted molar refractivity (Wildman–Crippen MR) is 205 cm³/mol. The summed E-state index contributed by atoms with van der Waals surface area (Å²) in [5.41, 5.74) is 2.45. The molecular formula is C40H50CaO10S2. The van der Waals surface area contributed by atoms with Crippen LogP contribution in [0.15, 0.2) is 94.7 Å². The van der Waals surface area contributed by atoms with Crippen molar-refractivity contribution in [1.82, 2.24) is 0 Å². The Kier molecular flexibility index (Phi) is 20.8. The molecule has 0 aliphatic heterocycles. The monoisotopic (exact) mass is 794 g/mol. The van der Waals surface area contributed by atoms with Crippen LogP contribution in [-0.2, 0) is 33.1 Å². The maximum atomic E-state index is 11.5. The molecule has 0 spiro atoms. The van der Waals surface area contributed by atoms with Crippen LogP contribution in [0.1, 0.15) is 102 Å². The largest absolute Gasteiger partial charge is 2.00 e. The molecule has 4 aromatic rings. The van der Waals surface area contributed by atoms with Crippen LogP contribution in [0.3, 0.4) is 0 Å². The Labute approximate surface area is 345 Å². The average molecular weight is 795 g/mol. The van der Waals surface area contributed by atoms with E-state index in [1.54, 1.807) is 12.1 Å². The van der Waals surface area contributed by atoms with E-state index in [0.717, 1.165) is 37.5 Å². The van der Waals surface area contributed by atoms with E-state index in [9.17, 15) is 31.6 Å². The van der Waals surface area contributed by atoms with E-state index in [1.807, 2.05) is 36.4 Å². The molecule has 4 aromatic carbocycles. The van der Waals surface area contributed by atoms with Gasteiger partial charge in [-0.2, -0.15) is 8.42 Å². The molecule has 0 unspecified atom stereocenters. The van der Waals surface area contributed by atoms with Crippen molar-refractivity contribution in [1.29, 1.82) is 0 Å². The summed E-state index contributed by atoms with van der Waals surface area (Å²) in [6, 6.07) is 22.2. The van der Waals surface area contributed by atoms with Crippen molar-refractivity contribution < 1.29 is 45.6 Å². The van der Waals surface area contributed by atoms with Gasteiger partial charge in [0.15, 0.2) is 0 Å². The summed E-state index contributed by atoms with van der Waals surface area (Å²) in [5.74, 6) is 0.0887. The van der Waals surface area contributed by atoms with E-state index in [1.165, 1.54) is 100.0 Å². The van der Waals surface area contributed by atoms with Gasteiger partial charge in [-0.3, -0.25) is 4.55 Å². The van der Waals surface area contributed by atoms with Crippen molar-refractivity contribution >= 4 is 58.0 Å². The van der Waals surface area contributed by atoms with Gasteiger partial charge in [0.2, 0.25) is 0 Å². The second-order valence-electron chi connectivity index (χ2n) is 12.7. The Morgan fingerprint density at radius 2 is 0.925 bits per heavy atom. The summed E-state index contributed by atoms with van der Waals surface area (Å²) in [6.45, 7) is 4.42. The molecule has 0 bridgehead atoms. The zero-order chi connectivity index (χ0) is 38.0. The molecule has 0 saturated heterocycles. The van der Waals surface area contributed by atoms with Gasteiger partial charge >= 0.3 is 37.7 Å². The number of benzene rings is 4. The Morgan fingerprint density at radius 1 is 0.547 bits per heavy atom. The first-order valence-corrected chi connectivity index (χ1v) is 20.8. The zero-order valence-corrected chi connectivity index (χ0v) is 34.5. The summed E-state index contributed by atoms with van der Waals surface area (Å²) in [5, 5.41) is 21.0. The summed E-state index contributed by atoms with van der Waals surface area (Å²) < 4.78 is 75.9. The minimum atomic E-state index is -4.82. The third-order valence-electron chi connectivity index (χ3n) is 8.35. The molecule has 10 nitrogen and oxygen atoms in total. The topological polar surface area (TPSA) is 173 Å². The van der Waals surface area contributed by atoms with Crippen molar-refractivity contribution in [2.45, 2.75) is 114 Å². The van der Waals surface area contributed by atoms with Gasteiger partial charge in [-0.05, 0) is 85.3 Å². The van der Waals surface area contributed by atoms with Crippen molar-refractivity contribution in [2.24, 2.45) is 0 Å². The number of aryl methyl sites for hydroxylation is 2. The first-order valence-electron chi connectivity index (χ1n) is 17.9. The molecule has 0 radical (unpaired) electrons. The van der Waals surface area contributed by atoms with Crippen LogP contribution in [0.5, 0.6) is 34.5 Å². The molecule has 4 rings (SSSR count). The third-order valence-corrected chi connectivity index (χ3v) is 10.1. The van der Waals surface area contributed by atoms with Gasteiger partial charge in [-0.15, -0.1) is 0 Å². The number of aromatic hydroxyl groups is 1. The average Bonchev–Trinajstić information content (AvgIpc) is 3.10. The zero-order valence-electron chi connectivity index (χ0n) is 30.7. The van der Waals surface area contributed by atoms with Crippen LogP contribution in [0.25, 0.3) is 0 Å². The number of phenolic OH excluding ortho intramolecular Hbond substituents is 1. The van der Waals surface area contributed by atoms with Gasteiger partial charge in [0.1, 0.15) is 43.8 Å². The van der Waals surface area contributed by atoms with E-state index in [2.05, 4.69) is 13.8 Å². The maximum Gasteiger partial charge on any atom is 2.00 e. The molecule has 284 valence electrons. The van der Waals surface area contributed by atoms with E-state index in [4.69, 9.17) is 14.0 Å². The van der Waals surface area contributed by atoms with Crippen LogP contribution in [0.2, 0.25) is 0 Å². The molecule has 0 saturated carbocycles. The fourth-order valence-corrected chi connectivity index (χ4v) is 6.62. The van der Waals surface area contributed by atoms with E-state index >= 15 is 0 Å². The quantitative estimate of drug-likeness (QED) is 0.0499. The standard InChI is InChI=1S/2C20H26O5S.Ca/c2*1-2-3-4-5-6-7-8-16-9-11-17(12-10-16)25-18-13-14-19(21)20(15-18)26(22,23)24;/h2*9-15,21H,2-8H2,1H3,(H,22,23,24);/q;;+2/p-2. The molecule has 0 aromatic heterocycles. The number of unbranched alkanes of at least 4 members (excludes halogenated alkanes) is 10. The number of ether oxygens (including phenoxy) is 2. The maximum absolute atomic E-state index is 11.5. The molecule has 0 atom stereocenters. The van der Waals surface area contributed by atoms with Crippen molar-refractivity contribution in [2.75, 3.05) is 0 Å². The smallest absolute Gasteiger partial charge is 0.872 e.